The lowest BCUT2D eigenvalue weighted by Crippen LogP contribution is -2.14. The van der Waals surface area contributed by atoms with Crippen molar-refractivity contribution in [1.82, 2.24) is 0 Å². The fourth-order valence-corrected chi connectivity index (χ4v) is 3.41. The van der Waals surface area contributed by atoms with Gasteiger partial charge < -0.3 is 4.74 Å². The van der Waals surface area contributed by atoms with Crippen LogP contribution in [0, 0.1) is 5.92 Å². The largest absolute Gasteiger partial charge is 0.374 e. The van der Waals surface area contributed by atoms with E-state index >= 15 is 0 Å². The molecule has 0 fully saturated rings. The highest BCUT2D eigenvalue weighted by Crippen LogP contribution is 2.32. The molecule has 0 aliphatic heterocycles. The van der Waals surface area contributed by atoms with E-state index in [4.69, 9.17) is 4.74 Å². The third-order valence-corrected chi connectivity index (χ3v) is 4.30. The maximum Gasteiger partial charge on any atom is 0.0827 e. The first-order valence-electron chi connectivity index (χ1n) is 7.06. The van der Waals surface area contributed by atoms with E-state index in [0.29, 0.717) is 6.10 Å². The van der Waals surface area contributed by atoms with Crippen molar-refractivity contribution in [1.29, 1.82) is 0 Å². The lowest BCUT2D eigenvalue weighted by molar-refractivity contribution is 0.0334. The first kappa shape index (κ1) is 14.1. The van der Waals surface area contributed by atoms with E-state index in [9.17, 15) is 0 Å². The zero-order chi connectivity index (χ0) is 12.8. The van der Waals surface area contributed by atoms with Crippen LogP contribution in [0.25, 0.3) is 0 Å². The van der Waals surface area contributed by atoms with Gasteiger partial charge in [0.15, 0.2) is 0 Å². The Morgan fingerprint density at radius 1 is 1.33 bits per heavy atom. The second kappa shape index (κ2) is 7.30. The van der Waals surface area contributed by atoms with Gasteiger partial charge in [-0.25, -0.2) is 0 Å². The van der Waals surface area contributed by atoms with Crippen LogP contribution in [0.4, 0.5) is 0 Å². The standard InChI is InChI=1S/C16H23BrO/c1-13(9-11-17)10-12-18-16-8-4-6-14-5-2-3-7-15(14)16/h2-3,5,7,13,16H,4,6,8-12H2,1H3. The van der Waals surface area contributed by atoms with Gasteiger partial charge in [-0.15, -0.1) is 0 Å². The summed E-state index contributed by atoms with van der Waals surface area (Å²) in [6.07, 6.45) is 6.42. The van der Waals surface area contributed by atoms with Crippen molar-refractivity contribution in [3.8, 4) is 0 Å². The molecule has 0 aromatic heterocycles. The highest BCUT2D eigenvalue weighted by Gasteiger charge is 2.20. The molecule has 0 saturated heterocycles. The second-order valence-electron chi connectivity index (χ2n) is 5.32. The number of aryl methyl sites for hydroxylation is 1. The molecule has 2 unspecified atom stereocenters. The van der Waals surface area contributed by atoms with Gasteiger partial charge in [-0.1, -0.05) is 47.1 Å². The average Bonchev–Trinajstić information content (AvgIpc) is 2.39. The molecule has 0 amide bonds. The van der Waals surface area contributed by atoms with Crippen molar-refractivity contribution >= 4 is 15.9 Å². The third kappa shape index (κ3) is 3.83. The van der Waals surface area contributed by atoms with Crippen LogP contribution >= 0.6 is 15.9 Å². The van der Waals surface area contributed by atoms with Gasteiger partial charge >= 0.3 is 0 Å². The number of rotatable bonds is 6. The number of fused-ring (bicyclic) bond motifs is 1. The Bertz CT molecular complexity index is 364. The smallest absolute Gasteiger partial charge is 0.0827 e. The number of benzene rings is 1. The van der Waals surface area contributed by atoms with Crippen molar-refractivity contribution in [3.63, 3.8) is 0 Å². The Balaban J connectivity index is 1.84. The monoisotopic (exact) mass is 310 g/mol. The fourth-order valence-electron chi connectivity index (χ4n) is 2.62. The van der Waals surface area contributed by atoms with E-state index in [1.54, 1.807) is 0 Å². The number of hydrogen-bond acceptors (Lipinski definition) is 1. The van der Waals surface area contributed by atoms with E-state index < -0.39 is 0 Å². The van der Waals surface area contributed by atoms with Gasteiger partial charge in [0.1, 0.15) is 0 Å². The van der Waals surface area contributed by atoms with E-state index in [2.05, 4.69) is 47.1 Å². The number of halogens is 1. The summed E-state index contributed by atoms with van der Waals surface area (Å²) in [5.74, 6) is 0.753. The minimum Gasteiger partial charge on any atom is -0.374 e. The second-order valence-corrected chi connectivity index (χ2v) is 6.11. The SMILES string of the molecule is CC(CCBr)CCOC1CCCc2ccccc21. The Morgan fingerprint density at radius 2 is 2.17 bits per heavy atom. The summed E-state index contributed by atoms with van der Waals surface area (Å²) in [6, 6.07) is 8.76. The molecular formula is C16H23BrO. The van der Waals surface area contributed by atoms with Crippen LogP contribution in [-0.4, -0.2) is 11.9 Å². The Morgan fingerprint density at radius 3 is 3.00 bits per heavy atom. The normalized spacial score (nSPS) is 20.4. The lowest BCUT2D eigenvalue weighted by Gasteiger charge is -2.26. The molecule has 1 aromatic rings. The van der Waals surface area contributed by atoms with Gasteiger partial charge in [0.2, 0.25) is 0 Å². The van der Waals surface area contributed by atoms with Crippen molar-refractivity contribution in [2.45, 2.75) is 45.1 Å². The minimum atomic E-state index is 0.339. The van der Waals surface area contributed by atoms with Crippen LogP contribution in [0.1, 0.15) is 49.8 Å². The highest BCUT2D eigenvalue weighted by molar-refractivity contribution is 9.09. The van der Waals surface area contributed by atoms with Gasteiger partial charge in [0.05, 0.1) is 6.10 Å². The Hall–Kier alpha value is -0.340. The molecule has 1 aliphatic carbocycles. The van der Waals surface area contributed by atoms with Crippen LogP contribution in [0.5, 0.6) is 0 Å². The van der Waals surface area contributed by atoms with Gasteiger partial charge in [-0.2, -0.15) is 0 Å². The average molecular weight is 311 g/mol. The molecule has 18 heavy (non-hydrogen) atoms. The van der Waals surface area contributed by atoms with Gasteiger partial charge in [0, 0.05) is 11.9 Å². The first-order valence-corrected chi connectivity index (χ1v) is 8.18. The van der Waals surface area contributed by atoms with Gasteiger partial charge in [-0.05, 0) is 49.1 Å². The zero-order valence-corrected chi connectivity index (χ0v) is 12.8. The molecule has 0 radical (unpaired) electrons. The van der Waals surface area contributed by atoms with Crippen LogP contribution in [-0.2, 0) is 11.2 Å². The molecule has 1 aliphatic rings. The zero-order valence-electron chi connectivity index (χ0n) is 11.2. The molecule has 1 nitrogen and oxygen atoms in total. The van der Waals surface area contributed by atoms with E-state index in [1.165, 1.54) is 43.2 Å². The van der Waals surface area contributed by atoms with E-state index in [1.807, 2.05) is 0 Å². The van der Waals surface area contributed by atoms with Crippen LogP contribution < -0.4 is 0 Å². The summed E-state index contributed by atoms with van der Waals surface area (Å²) in [4.78, 5) is 0. The third-order valence-electron chi connectivity index (χ3n) is 3.85. The predicted octanol–water partition coefficient (Wildman–Crippen LogP) is 4.89. The summed E-state index contributed by atoms with van der Waals surface area (Å²) >= 11 is 3.50. The lowest BCUT2D eigenvalue weighted by atomic mass is 9.89. The molecular weight excluding hydrogens is 288 g/mol. The maximum absolute atomic E-state index is 6.11. The number of alkyl halides is 1. The van der Waals surface area contributed by atoms with Gasteiger partial charge in [-0.3, -0.25) is 0 Å². The summed E-state index contributed by atoms with van der Waals surface area (Å²) < 4.78 is 6.11. The number of ether oxygens (including phenoxy) is 1. The van der Waals surface area contributed by atoms with Crippen LogP contribution in [0.15, 0.2) is 24.3 Å². The van der Waals surface area contributed by atoms with E-state index in [-0.39, 0.29) is 0 Å². The highest BCUT2D eigenvalue weighted by atomic mass is 79.9. The summed E-state index contributed by atoms with van der Waals surface area (Å²) in [7, 11) is 0. The number of hydrogen-bond donors (Lipinski definition) is 0. The molecule has 0 spiro atoms. The Labute approximate surface area is 119 Å². The molecule has 0 bridgehead atoms. The van der Waals surface area contributed by atoms with Crippen molar-refractivity contribution in [2.24, 2.45) is 5.92 Å². The minimum absolute atomic E-state index is 0.339. The summed E-state index contributed by atoms with van der Waals surface area (Å²) in [6.45, 7) is 3.20. The fraction of sp³-hybridized carbons (Fsp3) is 0.625. The Kier molecular flexibility index (Phi) is 5.71. The molecule has 1 aromatic carbocycles. The molecule has 0 heterocycles. The quantitative estimate of drug-likeness (QED) is 0.680. The van der Waals surface area contributed by atoms with Crippen molar-refractivity contribution in [2.75, 3.05) is 11.9 Å². The summed E-state index contributed by atoms with van der Waals surface area (Å²) in [5.41, 5.74) is 2.92. The topological polar surface area (TPSA) is 9.23 Å². The molecule has 2 heteroatoms. The maximum atomic E-state index is 6.11. The molecule has 0 saturated carbocycles. The van der Waals surface area contributed by atoms with Crippen molar-refractivity contribution < 1.29 is 4.74 Å². The molecule has 100 valence electrons. The molecule has 0 N–H and O–H groups in total. The molecule has 2 rings (SSSR count). The van der Waals surface area contributed by atoms with Gasteiger partial charge in [0.25, 0.3) is 0 Å². The van der Waals surface area contributed by atoms with E-state index in [0.717, 1.165) is 17.9 Å². The van der Waals surface area contributed by atoms with Crippen LogP contribution in [0.2, 0.25) is 0 Å². The van der Waals surface area contributed by atoms with Crippen molar-refractivity contribution in [3.05, 3.63) is 35.4 Å². The summed E-state index contributed by atoms with van der Waals surface area (Å²) in [5, 5.41) is 1.10. The molecule has 2 atom stereocenters. The first-order chi connectivity index (χ1) is 8.81. The predicted molar refractivity (Wildman–Crippen MR) is 80.3 cm³/mol. The van der Waals surface area contributed by atoms with Crippen LogP contribution in [0.3, 0.4) is 0 Å².